The van der Waals surface area contributed by atoms with Crippen LogP contribution in [0.15, 0.2) is 4.47 Å². The number of aromatic nitrogens is 2. The average molecular weight is 344 g/mol. The van der Waals surface area contributed by atoms with Gasteiger partial charge in [-0.3, -0.25) is 14.4 Å². The van der Waals surface area contributed by atoms with Gasteiger partial charge in [0.2, 0.25) is 0 Å². The van der Waals surface area contributed by atoms with Crippen molar-refractivity contribution in [2.45, 2.75) is 45.2 Å². The summed E-state index contributed by atoms with van der Waals surface area (Å²) >= 11 is 3.64. The Morgan fingerprint density at radius 2 is 2.25 bits per heavy atom. The van der Waals surface area contributed by atoms with Crippen molar-refractivity contribution < 1.29 is 9.53 Å². The van der Waals surface area contributed by atoms with Crippen LogP contribution in [0.2, 0.25) is 0 Å². The van der Waals surface area contributed by atoms with Gasteiger partial charge in [-0.2, -0.15) is 5.10 Å². The summed E-state index contributed by atoms with van der Waals surface area (Å²) in [4.78, 5) is 14.1. The van der Waals surface area contributed by atoms with Gasteiger partial charge in [0.1, 0.15) is 6.04 Å². The lowest BCUT2D eigenvalue weighted by molar-refractivity contribution is -0.148. The molecule has 0 bridgehead atoms. The molecule has 2 heterocycles. The summed E-state index contributed by atoms with van der Waals surface area (Å²) in [6, 6.07) is -0.124. The van der Waals surface area contributed by atoms with E-state index >= 15 is 0 Å². The van der Waals surface area contributed by atoms with Crippen LogP contribution < -0.4 is 0 Å². The number of piperidine rings is 1. The summed E-state index contributed by atoms with van der Waals surface area (Å²) < 4.78 is 7.90. The van der Waals surface area contributed by atoms with Gasteiger partial charge in [-0.15, -0.1) is 0 Å². The fourth-order valence-corrected chi connectivity index (χ4v) is 3.51. The van der Waals surface area contributed by atoms with E-state index in [1.165, 1.54) is 7.11 Å². The molecule has 0 spiro atoms. The topological polar surface area (TPSA) is 47.4 Å². The van der Waals surface area contributed by atoms with Crippen LogP contribution in [0.4, 0.5) is 0 Å². The Labute approximate surface area is 128 Å². The second-order valence-electron chi connectivity index (χ2n) is 5.19. The molecule has 0 radical (unpaired) electrons. The molecule has 2 rings (SSSR count). The fraction of sp³-hybridized carbons (Fsp3) is 0.714. The molecule has 0 aromatic carbocycles. The summed E-state index contributed by atoms with van der Waals surface area (Å²) in [7, 11) is 3.42. The first-order valence-corrected chi connectivity index (χ1v) is 7.89. The summed E-state index contributed by atoms with van der Waals surface area (Å²) in [5.41, 5.74) is 2.19. The first-order valence-electron chi connectivity index (χ1n) is 7.10. The van der Waals surface area contributed by atoms with Crippen LogP contribution in [0.25, 0.3) is 0 Å². The van der Waals surface area contributed by atoms with Gasteiger partial charge in [0.15, 0.2) is 0 Å². The van der Waals surface area contributed by atoms with Gasteiger partial charge in [0, 0.05) is 13.6 Å². The Bertz CT molecular complexity index is 487. The van der Waals surface area contributed by atoms with Gasteiger partial charge in [-0.25, -0.2) is 0 Å². The van der Waals surface area contributed by atoms with Gasteiger partial charge in [0.05, 0.1) is 23.0 Å². The van der Waals surface area contributed by atoms with Crippen LogP contribution in [0.1, 0.15) is 37.6 Å². The summed E-state index contributed by atoms with van der Waals surface area (Å²) in [6.45, 7) is 3.75. The molecule has 0 aliphatic carbocycles. The zero-order valence-electron chi connectivity index (χ0n) is 12.4. The Morgan fingerprint density at radius 3 is 2.85 bits per heavy atom. The Hall–Kier alpha value is -0.880. The van der Waals surface area contributed by atoms with Crippen LogP contribution in [0.5, 0.6) is 0 Å². The predicted molar refractivity (Wildman–Crippen MR) is 80.4 cm³/mol. The van der Waals surface area contributed by atoms with Crippen molar-refractivity contribution >= 4 is 21.9 Å². The zero-order valence-corrected chi connectivity index (χ0v) is 13.9. The van der Waals surface area contributed by atoms with Gasteiger partial charge < -0.3 is 4.74 Å². The normalized spacial score (nSPS) is 20.1. The number of aryl methyl sites for hydroxylation is 2. The molecule has 1 atom stereocenters. The van der Waals surface area contributed by atoms with Crippen LogP contribution in [0.3, 0.4) is 0 Å². The van der Waals surface area contributed by atoms with Crippen molar-refractivity contribution in [1.29, 1.82) is 0 Å². The van der Waals surface area contributed by atoms with E-state index in [-0.39, 0.29) is 12.0 Å². The SMILES string of the molecule is CCc1nn(C)c(CN2CCCC[C@@H]2C(=O)OC)c1Br. The highest BCUT2D eigenvalue weighted by Gasteiger charge is 2.30. The van der Waals surface area contributed by atoms with E-state index in [1.807, 2.05) is 11.7 Å². The summed E-state index contributed by atoms with van der Waals surface area (Å²) in [6.07, 6.45) is 3.99. The molecule has 1 fully saturated rings. The minimum atomic E-state index is -0.126. The molecule has 0 saturated carbocycles. The Balaban J connectivity index is 2.18. The molecule has 6 heteroatoms. The molecule has 1 aromatic heterocycles. The predicted octanol–water partition coefficient (Wildman–Crippen LogP) is 2.27. The fourth-order valence-electron chi connectivity index (χ4n) is 2.77. The van der Waals surface area contributed by atoms with Crippen molar-refractivity contribution in [1.82, 2.24) is 14.7 Å². The summed E-state index contributed by atoms with van der Waals surface area (Å²) in [5, 5.41) is 4.51. The third-order valence-corrected chi connectivity index (χ3v) is 4.86. The molecule has 1 aliphatic heterocycles. The zero-order chi connectivity index (χ0) is 14.7. The molecule has 20 heavy (non-hydrogen) atoms. The smallest absolute Gasteiger partial charge is 0.323 e. The van der Waals surface area contributed by atoms with E-state index in [0.29, 0.717) is 0 Å². The number of carbonyl (C=O) groups is 1. The molecule has 1 aromatic rings. The van der Waals surface area contributed by atoms with E-state index in [4.69, 9.17) is 4.74 Å². The largest absolute Gasteiger partial charge is 0.468 e. The average Bonchev–Trinajstić information content (AvgIpc) is 2.74. The van der Waals surface area contributed by atoms with Crippen molar-refractivity contribution in [3.8, 4) is 0 Å². The first-order chi connectivity index (χ1) is 9.58. The molecule has 0 unspecified atom stereocenters. The maximum absolute atomic E-state index is 11.9. The van der Waals surface area contributed by atoms with Crippen molar-refractivity contribution in [3.63, 3.8) is 0 Å². The lowest BCUT2D eigenvalue weighted by atomic mass is 10.0. The third kappa shape index (κ3) is 3.06. The number of rotatable bonds is 4. The minimum Gasteiger partial charge on any atom is -0.468 e. The number of hydrogen-bond acceptors (Lipinski definition) is 4. The molecule has 5 nitrogen and oxygen atoms in total. The van der Waals surface area contributed by atoms with E-state index in [9.17, 15) is 4.79 Å². The van der Waals surface area contributed by atoms with Crippen molar-refractivity contribution in [2.24, 2.45) is 7.05 Å². The molecular formula is C14H22BrN3O2. The van der Waals surface area contributed by atoms with Crippen molar-refractivity contribution in [2.75, 3.05) is 13.7 Å². The second kappa shape index (κ2) is 6.72. The molecular weight excluding hydrogens is 322 g/mol. The molecule has 112 valence electrons. The highest BCUT2D eigenvalue weighted by molar-refractivity contribution is 9.10. The van der Waals surface area contributed by atoms with E-state index in [1.54, 1.807) is 0 Å². The van der Waals surface area contributed by atoms with Gasteiger partial charge >= 0.3 is 5.97 Å². The number of likely N-dealkylation sites (tertiary alicyclic amines) is 1. The van der Waals surface area contributed by atoms with Crippen molar-refractivity contribution in [3.05, 3.63) is 15.9 Å². The lowest BCUT2D eigenvalue weighted by Crippen LogP contribution is -2.45. The Morgan fingerprint density at radius 1 is 1.50 bits per heavy atom. The van der Waals surface area contributed by atoms with E-state index < -0.39 is 0 Å². The third-order valence-electron chi connectivity index (χ3n) is 3.94. The maximum atomic E-state index is 11.9. The number of methoxy groups -OCH3 is 1. The molecule has 1 saturated heterocycles. The summed E-state index contributed by atoms with van der Waals surface area (Å²) in [5.74, 6) is -0.126. The van der Waals surface area contributed by atoms with Gasteiger partial charge in [-0.1, -0.05) is 13.3 Å². The van der Waals surface area contributed by atoms with E-state index in [0.717, 1.165) is 54.6 Å². The molecule has 1 aliphatic rings. The number of ether oxygens (including phenoxy) is 1. The van der Waals surface area contributed by atoms with Gasteiger partial charge in [-0.05, 0) is 41.7 Å². The van der Waals surface area contributed by atoms with Gasteiger partial charge in [0.25, 0.3) is 0 Å². The second-order valence-corrected chi connectivity index (χ2v) is 5.98. The van der Waals surface area contributed by atoms with E-state index in [2.05, 4.69) is 32.9 Å². The molecule has 0 N–H and O–H groups in total. The van der Waals surface area contributed by atoms with Crippen LogP contribution in [0, 0.1) is 0 Å². The quantitative estimate of drug-likeness (QED) is 0.787. The monoisotopic (exact) mass is 343 g/mol. The number of hydrogen-bond donors (Lipinski definition) is 0. The lowest BCUT2D eigenvalue weighted by Gasteiger charge is -2.33. The number of esters is 1. The minimum absolute atomic E-state index is 0.124. The highest BCUT2D eigenvalue weighted by Crippen LogP contribution is 2.26. The van der Waals surface area contributed by atoms with Crippen LogP contribution >= 0.6 is 15.9 Å². The molecule has 0 amide bonds. The number of nitrogens with zero attached hydrogens (tertiary/aromatic N) is 3. The number of carbonyl (C=O) groups excluding carboxylic acids is 1. The standard InChI is InChI=1S/C14H22BrN3O2/c1-4-10-13(15)12(17(2)16-10)9-18-8-6-5-7-11(18)14(19)20-3/h11H,4-9H2,1-3H3/t11-/m1/s1. The Kier molecular flexibility index (Phi) is 5.21. The maximum Gasteiger partial charge on any atom is 0.323 e. The highest BCUT2D eigenvalue weighted by atomic mass is 79.9. The van der Waals surface area contributed by atoms with Crippen LogP contribution in [-0.4, -0.2) is 40.3 Å². The number of halogens is 1. The van der Waals surface area contributed by atoms with Crippen LogP contribution in [-0.2, 0) is 29.5 Å². The first kappa shape index (κ1) is 15.5.